The van der Waals surface area contributed by atoms with Gasteiger partial charge in [0.05, 0.1) is 11.4 Å². The van der Waals surface area contributed by atoms with Gasteiger partial charge in [0.25, 0.3) is 11.1 Å². The summed E-state index contributed by atoms with van der Waals surface area (Å²) in [6.07, 6.45) is 3.78. The van der Waals surface area contributed by atoms with Gasteiger partial charge in [-0.25, -0.2) is 0 Å². The number of para-hydroxylation sites is 1. The maximum absolute atomic E-state index is 12.8. The smallest absolute Gasteiger partial charge is 0.293 e. The molecule has 4 rings (SSSR count). The normalized spacial score (nSPS) is 15.6. The molecule has 5 heteroatoms. The minimum Gasteiger partial charge on any atom is -0.321 e. The van der Waals surface area contributed by atoms with Crippen LogP contribution >= 0.6 is 11.8 Å². The van der Waals surface area contributed by atoms with Gasteiger partial charge in [0, 0.05) is 17.6 Å². The van der Waals surface area contributed by atoms with E-state index in [1.807, 2.05) is 80.7 Å². The van der Waals surface area contributed by atoms with Crippen LogP contribution in [0.25, 0.3) is 11.8 Å². The van der Waals surface area contributed by atoms with Gasteiger partial charge in [-0.3, -0.25) is 14.5 Å². The SMILES string of the molecule is Cc1ccc(CN2C(=O)S/C(=C/c3cc(C)n(-c4ccccc4)c3)C2=O)cc1. The van der Waals surface area contributed by atoms with Crippen molar-refractivity contribution in [2.45, 2.75) is 20.4 Å². The molecule has 0 saturated carbocycles. The van der Waals surface area contributed by atoms with E-state index in [0.717, 1.165) is 39.8 Å². The zero-order valence-electron chi connectivity index (χ0n) is 15.8. The fourth-order valence-electron chi connectivity index (χ4n) is 3.21. The number of aromatic nitrogens is 1. The van der Waals surface area contributed by atoms with Crippen LogP contribution in [0.2, 0.25) is 0 Å². The van der Waals surface area contributed by atoms with Gasteiger partial charge in [0.15, 0.2) is 0 Å². The number of hydrogen-bond donors (Lipinski definition) is 0. The minimum atomic E-state index is -0.235. The molecule has 1 fully saturated rings. The van der Waals surface area contributed by atoms with Gasteiger partial charge in [0.2, 0.25) is 0 Å². The molecule has 1 saturated heterocycles. The first-order valence-electron chi connectivity index (χ1n) is 9.06. The predicted octanol–water partition coefficient (Wildman–Crippen LogP) is 5.33. The van der Waals surface area contributed by atoms with E-state index in [9.17, 15) is 9.59 Å². The summed E-state index contributed by atoms with van der Waals surface area (Å²) < 4.78 is 2.07. The van der Waals surface area contributed by atoms with E-state index >= 15 is 0 Å². The molecule has 2 aromatic carbocycles. The molecule has 0 unspecified atom stereocenters. The standard InChI is InChI=1S/C23H20N2O2S/c1-16-8-10-18(11-9-16)14-25-22(26)21(28-23(25)27)13-19-12-17(2)24(15-19)20-6-4-3-5-7-20/h3-13,15H,14H2,1-2H3/b21-13+. The van der Waals surface area contributed by atoms with Crippen molar-refractivity contribution in [3.63, 3.8) is 0 Å². The number of benzene rings is 2. The van der Waals surface area contributed by atoms with Gasteiger partial charge in [-0.1, -0.05) is 48.0 Å². The summed E-state index contributed by atoms with van der Waals surface area (Å²) >= 11 is 0.999. The molecule has 0 spiro atoms. The molecule has 28 heavy (non-hydrogen) atoms. The van der Waals surface area contributed by atoms with Crippen LogP contribution in [0.4, 0.5) is 4.79 Å². The Morgan fingerprint density at radius 1 is 0.964 bits per heavy atom. The monoisotopic (exact) mass is 388 g/mol. The number of hydrogen-bond acceptors (Lipinski definition) is 3. The average molecular weight is 388 g/mol. The molecule has 0 aliphatic carbocycles. The molecule has 140 valence electrons. The van der Waals surface area contributed by atoms with Crippen LogP contribution in [0.5, 0.6) is 0 Å². The van der Waals surface area contributed by atoms with Crippen LogP contribution < -0.4 is 0 Å². The van der Waals surface area contributed by atoms with Crippen molar-refractivity contribution in [1.29, 1.82) is 0 Å². The Hall–Kier alpha value is -3.05. The third-order valence-corrected chi connectivity index (χ3v) is 5.61. The number of imide groups is 1. The number of carbonyl (C=O) groups is 2. The van der Waals surface area contributed by atoms with E-state index in [1.54, 1.807) is 6.08 Å². The second-order valence-corrected chi connectivity index (χ2v) is 7.87. The molecular formula is C23H20N2O2S. The molecule has 1 aliphatic heterocycles. The van der Waals surface area contributed by atoms with Crippen molar-refractivity contribution in [2.24, 2.45) is 0 Å². The van der Waals surface area contributed by atoms with Gasteiger partial charge in [-0.05, 0) is 61.0 Å². The summed E-state index contributed by atoms with van der Waals surface area (Å²) in [6, 6.07) is 19.9. The third-order valence-electron chi connectivity index (χ3n) is 4.70. The van der Waals surface area contributed by atoms with E-state index in [2.05, 4.69) is 4.57 Å². The quantitative estimate of drug-likeness (QED) is 0.567. The van der Waals surface area contributed by atoms with Crippen molar-refractivity contribution in [3.05, 3.63) is 94.1 Å². The lowest BCUT2D eigenvalue weighted by atomic mass is 10.1. The highest BCUT2D eigenvalue weighted by Crippen LogP contribution is 2.33. The molecule has 0 N–H and O–H groups in total. The second kappa shape index (κ2) is 7.52. The average Bonchev–Trinajstić information content (AvgIpc) is 3.18. The van der Waals surface area contributed by atoms with E-state index in [1.165, 1.54) is 4.90 Å². The summed E-state index contributed by atoms with van der Waals surface area (Å²) in [4.78, 5) is 26.9. The van der Waals surface area contributed by atoms with E-state index < -0.39 is 0 Å². The summed E-state index contributed by atoms with van der Waals surface area (Å²) in [5, 5.41) is -0.226. The van der Waals surface area contributed by atoms with Crippen molar-refractivity contribution < 1.29 is 9.59 Å². The van der Waals surface area contributed by atoms with E-state index in [4.69, 9.17) is 0 Å². The zero-order valence-corrected chi connectivity index (χ0v) is 16.6. The maximum Gasteiger partial charge on any atom is 0.293 e. The summed E-state index contributed by atoms with van der Waals surface area (Å²) in [5.74, 6) is -0.235. The van der Waals surface area contributed by atoms with Crippen LogP contribution in [0.3, 0.4) is 0 Å². The number of aryl methyl sites for hydroxylation is 2. The highest BCUT2D eigenvalue weighted by molar-refractivity contribution is 8.18. The van der Waals surface area contributed by atoms with Crippen molar-refractivity contribution in [2.75, 3.05) is 0 Å². The summed E-state index contributed by atoms with van der Waals surface area (Å²) in [5.41, 5.74) is 5.13. The minimum absolute atomic E-state index is 0.226. The van der Waals surface area contributed by atoms with Crippen LogP contribution in [0.1, 0.15) is 22.4 Å². The molecule has 3 aromatic rings. The Labute approximate surface area is 168 Å². The van der Waals surface area contributed by atoms with Crippen LogP contribution in [-0.4, -0.2) is 20.6 Å². The second-order valence-electron chi connectivity index (χ2n) is 6.87. The Balaban J connectivity index is 1.57. The van der Waals surface area contributed by atoms with Crippen LogP contribution in [-0.2, 0) is 11.3 Å². The summed E-state index contributed by atoms with van der Waals surface area (Å²) in [7, 11) is 0. The lowest BCUT2D eigenvalue weighted by molar-refractivity contribution is -0.123. The molecule has 1 aliphatic rings. The molecule has 4 nitrogen and oxygen atoms in total. The van der Waals surface area contributed by atoms with E-state index in [-0.39, 0.29) is 11.1 Å². The van der Waals surface area contributed by atoms with E-state index in [0.29, 0.717) is 11.4 Å². The number of nitrogens with zero attached hydrogens (tertiary/aromatic N) is 2. The van der Waals surface area contributed by atoms with Gasteiger partial charge in [-0.15, -0.1) is 0 Å². The van der Waals surface area contributed by atoms with Gasteiger partial charge < -0.3 is 4.57 Å². The highest BCUT2D eigenvalue weighted by Gasteiger charge is 2.35. The highest BCUT2D eigenvalue weighted by atomic mass is 32.2. The number of amides is 2. The van der Waals surface area contributed by atoms with Crippen molar-refractivity contribution >= 4 is 29.0 Å². The summed E-state index contributed by atoms with van der Waals surface area (Å²) in [6.45, 7) is 4.33. The predicted molar refractivity (Wildman–Crippen MR) is 113 cm³/mol. The zero-order chi connectivity index (χ0) is 19.7. The number of carbonyl (C=O) groups excluding carboxylic acids is 2. The lowest BCUT2D eigenvalue weighted by Crippen LogP contribution is -2.27. The molecule has 0 bridgehead atoms. The fourth-order valence-corrected chi connectivity index (χ4v) is 4.05. The Morgan fingerprint density at radius 2 is 1.68 bits per heavy atom. The Morgan fingerprint density at radius 3 is 2.39 bits per heavy atom. The van der Waals surface area contributed by atoms with Gasteiger partial charge in [0.1, 0.15) is 0 Å². The molecular weight excluding hydrogens is 368 g/mol. The van der Waals surface area contributed by atoms with Gasteiger partial charge in [-0.2, -0.15) is 0 Å². The largest absolute Gasteiger partial charge is 0.321 e. The Kier molecular flexibility index (Phi) is 4.92. The first-order chi connectivity index (χ1) is 13.5. The Bertz CT molecular complexity index is 1070. The molecule has 2 amide bonds. The van der Waals surface area contributed by atoms with Gasteiger partial charge >= 0.3 is 0 Å². The molecule has 2 heterocycles. The third kappa shape index (κ3) is 3.66. The fraction of sp³-hybridized carbons (Fsp3) is 0.130. The topological polar surface area (TPSA) is 42.3 Å². The maximum atomic E-state index is 12.8. The van der Waals surface area contributed by atoms with Crippen LogP contribution in [0.15, 0.2) is 71.8 Å². The molecule has 0 atom stereocenters. The van der Waals surface area contributed by atoms with Crippen molar-refractivity contribution in [3.8, 4) is 5.69 Å². The van der Waals surface area contributed by atoms with Crippen LogP contribution in [0, 0.1) is 13.8 Å². The molecule has 0 radical (unpaired) electrons. The first-order valence-corrected chi connectivity index (χ1v) is 9.88. The van der Waals surface area contributed by atoms with Crippen molar-refractivity contribution in [1.82, 2.24) is 9.47 Å². The molecule has 1 aromatic heterocycles. The number of thioether (sulfide) groups is 1. The number of rotatable bonds is 4. The lowest BCUT2D eigenvalue weighted by Gasteiger charge is -2.12. The first kappa shape index (κ1) is 18.3.